The van der Waals surface area contributed by atoms with Gasteiger partial charge in [0.2, 0.25) is 11.8 Å². The van der Waals surface area contributed by atoms with Crippen LogP contribution in [0.5, 0.6) is 0 Å². The molecule has 1 fully saturated rings. The van der Waals surface area contributed by atoms with Crippen molar-refractivity contribution < 1.29 is 14.3 Å². The first-order valence-corrected chi connectivity index (χ1v) is 6.32. The highest BCUT2D eigenvalue weighted by Crippen LogP contribution is 2.30. The molecule has 0 radical (unpaired) electrons. The van der Waals surface area contributed by atoms with Crippen molar-refractivity contribution in [1.29, 1.82) is 0 Å². The van der Waals surface area contributed by atoms with Gasteiger partial charge in [-0.2, -0.15) is 0 Å². The van der Waals surface area contributed by atoms with Gasteiger partial charge in [-0.25, -0.2) is 0 Å². The number of hydrogen-bond acceptors (Lipinski definition) is 3. The lowest BCUT2D eigenvalue weighted by atomic mass is 9.89. The zero-order valence-electron chi connectivity index (χ0n) is 12.0. The normalized spacial score (nSPS) is 24.2. The van der Waals surface area contributed by atoms with Crippen LogP contribution in [0.15, 0.2) is 0 Å². The highest BCUT2D eigenvalue weighted by Gasteiger charge is 2.41. The number of ether oxygens (including phenoxy) is 1. The average molecular weight is 256 g/mol. The maximum atomic E-state index is 12.0. The third-order valence-electron chi connectivity index (χ3n) is 3.23. The van der Waals surface area contributed by atoms with E-state index in [2.05, 4.69) is 5.32 Å². The quantitative estimate of drug-likeness (QED) is 0.812. The number of nitrogens with zero attached hydrogens (tertiary/aromatic N) is 1. The van der Waals surface area contributed by atoms with Crippen LogP contribution in [0.25, 0.3) is 0 Å². The van der Waals surface area contributed by atoms with Gasteiger partial charge in [-0.15, -0.1) is 0 Å². The van der Waals surface area contributed by atoms with Gasteiger partial charge in [0.1, 0.15) is 6.61 Å². The molecule has 1 atom stereocenters. The highest BCUT2D eigenvalue weighted by molar-refractivity contribution is 5.85. The summed E-state index contributed by atoms with van der Waals surface area (Å²) < 4.78 is 5.47. The molecule has 5 heteroatoms. The fourth-order valence-corrected chi connectivity index (χ4v) is 2.03. The van der Waals surface area contributed by atoms with Crippen LogP contribution in [0, 0.1) is 5.41 Å². The minimum absolute atomic E-state index is 0.00506. The molecule has 5 nitrogen and oxygen atoms in total. The van der Waals surface area contributed by atoms with Crippen LogP contribution in [-0.2, 0) is 14.3 Å². The second-order valence-corrected chi connectivity index (χ2v) is 6.11. The van der Waals surface area contributed by atoms with Gasteiger partial charge in [-0.3, -0.25) is 9.59 Å². The maximum absolute atomic E-state index is 12.0. The summed E-state index contributed by atoms with van der Waals surface area (Å²) in [6.45, 7) is 8.81. The molecule has 1 N–H and O–H groups in total. The molecule has 0 aliphatic carbocycles. The SMILES string of the molecule is CNC(=O)C1(C)CCN(C(=O)COC(C)(C)C)C1. The monoisotopic (exact) mass is 256 g/mol. The van der Waals surface area contributed by atoms with Crippen LogP contribution in [-0.4, -0.2) is 49.1 Å². The Morgan fingerprint density at radius 2 is 2.00 bits per heavy atom. The Bertz CT molecular complexity index is 336. The molecule has 1 saturated heterocycles. The fourth-order valence-electron chi connectivity index (χ4n) is 2.03. The molecule has 0 saturated carbocycles. The maximum Gasteiger partial charge on any atom is 0.248 e. The van der Waals surface area contributed by atoms with E-state index < -0.39 is 5.41 Å². The fraction of sp³-hybridized carbons (Fsp3) is 0.846. The molecule has 1 aliphatic heterocycles. The van der Waals surface area contributed by atoms with E-state index in [1.54, 1.807) is 11.9 Å². The van der Waals surface area contributed by atoms with Crippen molar-refractivity contribution in [2.45, 2.75) is 39.7 Å². The first-order valence-electron chi connectivity index (χ1n) is 6.32. The van der Waals surface area contributed by atoms with Gasteiger partial charge >= 0.3 is 0 Å². The predicted molar refractivity (Wildman–Crippen MR) is 69.1 cm³/mol. The van der Waals surface area contributed by atoms with Crippen molar-refractivity contribution in [3.05, 3.63) is 0 Å². The van der Waals surface area contributed by atoms with Gasteiger partial charge in [-0.05, 0) is 34.1 Å². The molecule has 18 heavy (non-hydrogen) atoms. The Morgan fingerprint density at radius 3 is 2.50 bits per heavy atom. The second kappa shape index (κ2) is 5.26. The summed E-state index contributed by atoms with van der Waals surface area (Å²) in [6.07, 6.45) is 0.702. The first kappa shape index (κ1) is 15.0. The molecular weight excluding hydrogens is 232 g/mol. The Kier molecular flexibility index (Phi) is 4.37. The van der Waals surface area contributed by atoms with E-state index in [0.717, 1.165) is 0 Å². The van der Waals surface area contributed by atoms with E-state index >= 15 is 0 Å². The third kappa shape index (κ3) is 3.70. The number of amides is 2. The van der Waals surface area contributed by atoms with Gasteiger partial charge in [0.15, 0.2) is 0 Å². The number of likely N-dealkylation sites (tertiary alicyclic amines) is 1. The second-order valence-electron chi connectivity index (χ2n) is 6.11. The van der Waals surface area contributed by atoms with Crippen molar-refractivity contribution in [1.82, 2.24) is 10.2 Å². The standard InChI is InChI=1S/C13H24N2O3/c1-12(2,3)18-8-10(16)15-7-6-13(4,9-15)11(17)14-5/h6-9H2,1-5H3,(H,14,17). The van der Waals surface area contributed by atoms with Crippen LogP contribution in [0.2, 0.25) is 0 Å². The minimum Gasteiger partial charge on any atom is -0.366 e. The Hall–Kier alpha value is -1.10. The lowest BCUT2D eigenvalue weighted by Crippen LogP contribution is -2.41. The summed E-state index contributed by atoms with van der Waals surface area (Å²) in [6, 6.07) is 0. The summed E-state index contributed by atoms with van der Waals surface area (Å²) in [5, 5.41) is 2.65. The molecule has 0 aromatic heterocycles. The molecule has 0 bridgehead atoms. The van der Waals surface area contributed by atoms with E-state index in [4.69, 9.17) is 4.74 Å². The van der Waals surface area contributed by atoms with Gasteiger partial charge in [-0.1, -0.05) is 0 Å². The van der Waals surface area contributed by atoms with Crippen LogP contribution < -0.4 is 5.32 Å². The molecular formula is C13H24N2O3. The zero-order valence-corrected chi connectivity index (χ0v) is 12.0. The van der Waals surface area contributed by atoms with Crippen molar-refractivity contribution in [2.75, 3.05) is 26.7 Å². The largest absolute Gasteiger partial charge is 0.366 e. The average Bonchev–Trinajstić information content (AvgIpc) is 2.68. The Balaban J connectivity index is 2.51. The van der Waals surface area contributed by atoms with Gasteiger partial charge < -0.3 is 15.0 Å². The third-order valence-corrected chi connectivity index (χ3v) is 3.23. The lowest BCUT2D eigenvalue weighted by Gasteiger charge is -2.24. The number of nitrogens with one attached hydrogen (secondary N) is 1. The predicted octanol–water partition coefficient (Wildman–Crippen LogP) is 0.786. The minimum atomic E-state index is -0.466. The number of hydrogen-bond donors (Lipinski definition) is 1. The molecule has 0 aromatic carbocycles. The highest BCUT2D eigenvalue weighted by atomic mass is 16.5. The Morgan fingerprint density at radius 1 is 1.39 bits per heavy atom. The summed E-state index contributed by atoms with van der Waals surface area (Å²) in [4.78, 5) is 25.4. The molecule has 0 spiro atoms. The molecule has 1 unspecified atom stereocenters. The lowest BCUT2D eigenvalue weighted by molar-refractivity contribution is -0.140. The molecule has 1 aliphatic rings. The topological polar surface area (TPSA) is 58.6 Å². The molecule has 104 valence electrons. The number of carbonyl (C=O) groups excluding carboxylic acids is 2. The van der Waals surface area contributed by atoms with E-state index in [1.165, 1.54) is 0 Å². The van der Waals surface area contributed by atoms with Crippen molar-refractivity contribution in [2.24, 2.45) is 5.41 Å². The Labute approximate surface area is 109 Å². The summed E-state index contributed by atoms with van der Waals surface area (Å²) in [5.41, 5.74) is -0.786. The molecule has 1 rings (SSSR count). The van der Waals surface area contributed by atoms with Crippen molar-refractivity contribution in [3.8, 4) is 0 Å². The number of rotatable bonds is 3. The summed E-state index contributed by atoms with van der Waals surface area (Å²) in [5.74, 6) is -0.0490. The number of carbonyl (C=O) groups is 2. The van der Waals surface area contributed by atoms with Gasteiger partial charge in [0, 0.05) is 20.1 Å². The van der Waals surface area contributed by atoms with Crippen molar-refractivity contribution in [3.63, 3.8) is 0 Å². The molecule has 0 aromatic rings. The first-order chi connectivity index (χ1) is 8.18. The van der Waals surface area contributed by atoms with E-state index in [9.17, 15) is 9.59 Å². The van der Waals surface area contributed by atoms with E-state index in [-0.39, 0.29) is 24.0 Å². The summed E-state index contributed by atoms with van der Waals surface area (Å²) >= 11 is 0. The van der Waals surface area contributed by atoms with Gasteiger partial charge in [0.25, 0.3) is 0 Å². The van der Waals surface area contributed by atoms with E-state index in [1.807, 2.05) is 27.7 Å². The van der Waals surface area contributed by atoms with E-state index in [0.29, 0.717) is 19.5 Å². The zero-order chi connectivity index (χ0) is 14.0. The van der Waals surface area contributed by atoms with Crippen molar-refractivity contribution >= 4 is 11.8 Å². The van der Waals surface area contributed by atoms with Crippen LogP contribution in [0.1, 0.15) is 34.1 Å². The van der Waals surface area contributed by atoms with Gasteiger partial charge in [0.05, 0.1) is 11.0 Å². The van der Waals surface area contributed by atoms with Crippen LogP contribution in [0.3, 0.4) is 0 Å². The molecule has 1 heterocycles. The smallest absolute Gasteiger partial charge is 0.248 e. The van der Waals surface area contributed by atoms with Crippen LogP contribution in [0.4, 0.5) is 0 Å². The van der Waals surface area contributed by atoms with Crippen LogP contribution >= 0.6 is 0 Å². The summed E-state index contributed by atoms with van der Waals surface area (Å²) in [7, 11) is 1.63. The molecule has 2 amide bonds.